The Balaban J connectivity index is 2.72. The number of aromatic nitrogens is 3. The number of hydrogen-bond donors (Lipinski definition) is 1. The lowest BCUT2D eigenvalue weighted by Crippen LogP contribution is -2.13. The topological polar surface area (TPSA) is 50.7 Å². The first kappa shape index (κ1) is 9.06. The van der Waals surface area contributed by atoms with E-state index < -0.39 is 0 Å². The number of rotatable bonds is 3. The molecule has 0 aliphatic carbocycles. The lowest BCUT2D eigenvalue weighted by molar-refractivity contribution is 0.732. The number of likely N-dealkylation sites (N-methyl/N-ethyl adjacent to an activating group) is 1. The SMILES string of the molecule is CNCCc1nc(C)nc(C)n1. The molecule has 0 unspecified atom stereocenters. The maximum Gasteiger partial charge on any atom is 0.133 e. The molecule has 1 heterocycles. The fourth-order valence-corrected chi connectivity index (χ4v) is 1.03. The quantitative estimate of drug-likeness (QED) is 0.699. The van der Waals surface area contributed by atoms with Gasteiger partial charge in [-0.3, -0.25) is 0 Å². The molecule has 0 aliphatic rings. The van der Waals surface area contributed by atoms with Gasteiger partial charge < -0.3 is 5.32 Å². The molecule has 12 heavy (non-hydrogen) atoms. The van der Waals surface area contributed by atoms with Gasteiger partial charge in [-0.15, -0.1) is 0 Å². The average Bonchev–Trinajstić information content (AvgIpc) is 1.99. The van der Waals surface area contributed by atoms with E-state index in [-0.39, 0.29) is 0 Å². The Hall–Kier alpha value is -1.03. The molecule has 0 saturated carbocycles. The van der Waals surface area contributed by atoms with Crippen LogP contribution in [0.3, 0.4) is 0 Å². The van der Waals surface area contributed by atoms with E-state index in [1.807, 2.05) is 20.9 Å². The summed E-state index contributed by atoms with van der Waals surface area (Å²) in [6, 6.07) is 0. The van der Waals surface area contributed by atoms with E-state index in [1.54, 1.807) is 0 Å². The molecule has 0 aliphatic heterocycles. The van der Waals surface area contributed by atoms with Gasteiger partial charge in [0.05, 0.1) is 0 Å². The van der Waals surface area contributed by atoms with Crippen LogP contribution in [0.15, 0.2) is 0 Å². The average molecular weight is 166 g/mol. The molecule has 0 bridgehead atoms. The van der Waals surface area contributed by atoms with Crippen molar-refractivity contribution in [2.75, 3.05) is 13.6 Å². The van der Waals surface area contributed by atoms with Crippen LogP contribution in [0.4, 0.5) is 0 Å². The minimum Gasteiger partial charge on any atom is -0.319 e. The molecule has 0 atom stereocenters. The molecule has 0 radical (unpaired) electrons. The lowest BCUT2D eigenvalue weighted by atomic mass is 10.4. The Kier molecular flexibility index (Phi) is 3.10. The first-order chi connectivity index (χ1) is 5.72. The first-order valence-electron chi connectivity index (χ1n) is 4.05. The van der Waals surface area contributed by atoms with Gasteiger partial charge in [-0.25, -0.2) is 15.0 Å². The van der Waals surface area contributed by atoms with Crippen LogP contribution in [0.5, 0.6) is 0 Å². The summed E-state index contributed by atoms with van der Waals surface area (Å²) in [6.45, 7) is 4.68. The van der Waals surface area contributed by atoms with E-state index in [2.05, 4.69) is 20.3 Å². The predicted octanol–water partition coefficient (Wildman–Crippen LogP) is 0.250. The third-order valence-corrected chi connectivity index (χ3v) is 1.50. The van der Waals surface area contributed by atoms with Gasteiger partial charge in [-0.05, 0) is 20.9 Å². The summed E-state index contributed by atoms with van der Waals surface area (Å²) < 4.78 is 0. The summed E-state index contributed by atoms with van der Waals surface area (Å²) in [6.07, 6.45) is 0.862. The summed E-state index contributed by atoms with van der Waals surface area (Å²) in [7, 11) is 1.92. The summed E-state index contributed by atoms with van der Waals surface area (Å²) in [5, 5.41) is 3.05. The van der Waals surface area contributed by atoms with Gasteiger partial charge in [0.25, 0.3) is 0 Å². The molecular weight excluding hydrogens is 152 g/mol. The smallest absolute Gasteiger partial charge is 0.133 e. The van der Waals surface area contributed by atoms with Crippen molar-refractivity contribution in [2.24, 2.45) is 0 Å². The normalized spacial score (nSPS) is 10.2. The molecule has 1 aromatic heterocycles. The highest BCUT2D eigenvalue weighted by atomic mass is 15.0. The molecule has 0 spiro atoms. The van der Waals surface area contributed by atoms with Gasteiger partial charge in [-0.2, -0.15) is 0 Å². The van der Waals surface area contributed by atoms with Gasteiger partial charge in [0.15, 0.2) is 0 Å². The molecule has 1 rings (SSSR count). The molecule has 1 N–H and O–H groups in total. The van der Waals surface area contributed by atoms with Crippen LogP contribution in [0.1, 0.15) is 17.5 Å². The highest BCUT2D eigenvalue weighted by Gasteiger charge is 1.98. The van der Waals surface area contributed by atoms with Gasteiger partial charge >= 0.3 is 0 Å². The first-order valence-corrected chi connectivity index (χ1v) is 4.05. The Morgan fingerprint density at radius 3 is 2.17 bits per heavy atom. The van der Waals surface area contributed by atoms with Crippen molar-refractivity contribution in [3.8, 4) is 0 Å². The summed E-state index contributed by atoms with van der Waals surface area (Å²) in [5.74, 6) is 2.47. The van der Waals surface area contributed by atoms with Gasteiger partial charge in [0, 0.05) is 13.0 Å². The number of aryl methyl sites for hydroxylation is 2. The molecule has 4 nitrogen and oxygen atoms in total. The van der Waals surface area contributed by atoms with Crippen molar-refractivity contribution >= 4 is 0 Å². The molecule has 66 valence electrons. The Morgan fingerprint density at radius 2 is 1.67 bits per heavy atom. The zero-order valence-corrected chi connectivity index (χ0v) is 7.76. The van der Waals surface area contributed by atoms with E-state index in [0.29, 0.717) is 0 Å². The van der Waals surface area contributed by atoms with Crippen molar-refractivity contribution in [1.29, 1.82) is 0 Å². The number of hydrogen-bond acceptors (Lipinski definition) is 4. The van der Waals surface area contributed by atoms with Crippen LogP contribution >= 0.6 is 0 Å². The zero-order valence-electron chi connectivity index (χ0n) is 7.76. The van der Waals surface area contributed by atoms with E-state index >= 15 is 0 Å². The summed E-state index contributed by atoms with van der Waals surface area (Å²) in [5.41, 5.74) is 0. The Bertz CT molecular complexity index is 239. The highest BCUT2D eigenvalue weighted by Crippen LogP contribution is 1.94. The molecule has 1 aromatic rings. The third kappa shape index (κ3) is 2.54. The summed E-state index contributed by atoms with van der Waals surface area (Å²) in [4.78, 5) is 12.5. The molecule has 0 amide bonds. The molecule has 4 heteroatoms. The minimum absolute atomic E-state index is 0.800. The van der Waals surface area contributed by atoms with Gasteiger partial charge in [0.1, 0.15) is 17.5 Å². The van der Waals surface area contributed by atoms with E-state index in [1.165, 1.54) is 0 Å². The van der Waals surface area contributed by atoms with Crippen molar-refractivity contribution in [3.05, 3.63) is 17.5 Å². The van der Waals surface area contributed by atoms with Crippen LogP contribution in [-0.2, 0) is 6.42 Å². The maximum atomic E-state index is 4.21. The van der Waals surface area contributed by atoms with Crippen LogP contribution in [-0.4, -0.2) is 28.5 Å². The van der Waals surface area contributed by atoms with Crippen molar-refractivity contribution in [1.82, 2.24) is 20.3 Å². The van der Waals surface area contributed by atoms with Crippen molar-refractivity contribution in [2.45, 2.75) is 20.3 Å². The van der Waals surface area contributed by atoms with Crippen LogP contribution in [0.25, 0.3) is 0 Å². The Morgan fingerprint density at radius 1 is 1.08 bits per heavy atom. The minimum atomic E-state index is 0.800. The van der Waals surface area contributed by atoms with Gasteiger partial charge in [0.2, 0.25) is 0 Å². The fourth-order valence-electron chi connectivity index (χ4n) is 1.03. The van der Waals surface area contributed by atoms with Crippen LogP contribution < -0.4 is 5.32 Å². The van der Waals surface area contributed by atoms with Crippen LogP contribution in [0, 0.1) is 13.8 Å². The number of nitrogens with zero attached hydrogens (tertiary/aromatic N) is 3. The highest BCUT2D eigenvalue weighted by molar-refractivity contribution is 4.94. The molecule has 0 fully saturated rings. The zero-order chi connectivity index (χ0) is 8.97. The van der Waals surface area contributed by atoms with Crippen molar-refractivity contribution < 1.29 is 0 Å². The lowest BCUT2D eigenvalue weighted by Gasteiger charge is -2.00. The largest absolute Gasteiger partial charge is 0.319 e. The van der Waals surface area contributed by atoms with Gasteiger partial charge in [-0.1, -0.05) is 0 Å². The third-order valence-electron chi connectivity index (χ3n) is 1.50. The van der Waals surface area contributed by atoms with E-state index in [4.69, 9.17) is 0 Å². The summed E-state index contributed by atoms with van der Waals surface area (Å²) >= 11 is 0. The molecular formula is C8H14N4. The molecule has 0 aromatic carbocycles. The predicted molar refractivity (Wildman–Crippen MR) is 46.9 cm³/mol. The van der Waals surface area contributed by atoms with Crippen LogP contribution in [0.2, 0.25) is 0 Å². The fraction of sp³-hybridized carbons (Fsp3) is 0.625. The molecule has 0 saturated heterocycles. The number of nitrogens with one attached hydrogen (secondary N) is 1. The standard InChI is InChI=1S/C8H14N4/c1-6-10-7(2)12-8(11-6)4-5-9-3/h9H,4-5H2,1-3H3. The van der Waals surface area contributed by atoms with E-state index in [9.17, 15) is 0 Å². The van der Waals surface area contributed by atoms with E-state index in [0.717, 1.165) is 30.4 Å². The second-order valence-electron chi connectivity index (χ2n) is 2.70. The maximum absolute atomic E-state index is 4.21. The monoisotopic (exact) mass is 166 g/mol. The Labute approximate surface area is 72.5 Å². The van der Waals surface area contributed by atoms with Crippen molar-refractivity contribution in [3.63, 3.8) is 0 Å². The second kappa shape index (κ2) is 4.11. The second-order valence-corrected chi connectivity index (χ2v) is 2.70.